The number of rotatable bonds is 5. The van der Waals surface area contributed by atoms with Gasteiger partial charge in [-0.2, -0.15) is 0 Å². The summed E-state index contributed by atoms with van der Waals surface area (Å²) < 4.78 is 6.12. The topological polar surface area (TPSA) is 58.6 Å². The summed E-state index contributed by atoms with van der Waals surface area (Å²) in [5, 5.41) is 3.17. The fraction of sp³-hybridized carbons (Fsp3) is 0.360. The molecule has 2 amide bonds. The van der Waals surface area contributed by atoms with Crippen LogP contribution in [0.25, 0.3) is 6.08 Å². The largest absolute Gasteiger partial charge is 0.496 e. The van der Waals surface area contributed by atoms with Crippen LogP contribution in [0.4, 0.5) is 5.69 Å². The first kappa shape index (κ1) is 22.9. The molecule has 1 saturated carbocycles. The molecule has 2 aromatic carbocycles. The van der Waals surface area contributed by atoms with Gasteiger partial charge in [0, 0.05) is 10.9 Å². The molecule has 0 radical (unpaired) electrons. The summed E-state index contributed by atoms with van der Waals surface area (Å²) in [4.78, 5) is 29.5. The lowest BCUT2D eigenvalue weighted by atomic mass is 9.86. The van der Waals surface area contributed by atoms with Crippen molar-refractivity contribution in [2.24, 2.45) is 5.92 Å². The fourth-order valence-corrected chi connectivity index (χ4v) is 5.89. The van der Waals surface area contributed by atoms with Gasteiger partial charge in [0.05, 0.1) is 22.2 Å². The molecule has 2 unspecified atom stereocenters. The zero-order valence-electron chi connectivity index (χ0n) is 18.3. The van der Waals surface area contributed by atoms with Gasteiger partial charge in [-0.15, -0.1) is 0 Å². The Bertz CT molecular complexity index is 1060. The maximum Gasteiger partial charge on any atom is 0.265 e. The van der Waals surface area contributed by atoms with Crippen LogP contribution < -0.4 is 15.0 Å². The molecule has 0 saturated heterocycles. The Morgan fingerprint density at radius 3 is 2.78 bits per heavy atom. The lowest BCUT2D eigenvalue weighted by Gasteiger charge is -2.32. The van der Waals surface area contributed by atoms with Gasteiger partial charge in [0.25, 0.3) is 5.91 Å². The molecule has 32 heavy (non-hydrogen) atoms. The van der Waals surface area contributed by atoms with Crippen molar-refractivity contribution in [3.63, 3.8) is 0 Å². The van der Waals surface area contributed by atoms with Gasteiger partial charge in [-0.3, -0.25) is 14.5 Å². The first-order valence-corrected chi connectivity index (χ1v) is 12.5. The number of fused-ring (bicyclic) bond motifs is 1. The molecule has 0 bridgehead atoms. The Morgan fingerprint density at radius 2 is 2.03 bits per heavy atom. The third-order valence-corrected chi connectivity index (χ3v) is 7.76. The van der Waals surface area contributed by atoms with E-state index < -0.39 is 0 Å². The molecule has 2 aromatic rings. The van der Waals surface area contributed by atoms with E-state index in [0.29, 0.717) is 10.8 Å². The van der Waals surface area contributed by atoms with Crippen LogP contribution >= 0.6 is 27.7 Å². The van der Waals surface area contributed by atoms with Crippen LogP contribution in [0.2, 0.25) is 0 Å². The predicted molar refractivity (Wildman–Crippen MR) is 133 cm³/mol. The molecule has 1 heterocycles. The van der Waals surface area contributed by atoms with Crippen molar-refractivity contribution in [2.75, 3.05) is 18.6 Å². The highest BCUT2D eigenvalue weighted by Crippen LogP contribution is 2.42. The molecule has 0 aromatic heterocycles. The highest BCUT2D eigenvalue weighted by molar-refractivity contribution is 9.10. The number of carbonyl (C=O) groups excluding carboxylic acids is 2. The number of nitrogens with zero attached hydrogens (tertiary/aromatic N) is 1. The van der Waals surface area contributed by atoms with Crippen molar-refractivity contribution < 1.29 is 14.3 Å². The Morgan fingerprint density at radius 1 is 1.25 bits per heavy atom. The van der Waals surface area contributed by atoms with Crippen LogP contribution in [-0.4, -0.2) is 31.5 Å². The van der Waals surface area contributed by atoms with Crippen molar-refractivity contribution in [1.82, 2.24) is 5.32 Å². The number of nitrogens with one attached hydrogen (secondary N) is 1. The number of anilines is 1. The van der Waals surface area contributed by atoms with Crippen LogP contribution in [0.5, 0.6) is 5.75 Å². The van der Waals surface area contributed by atoms with Gasteiger partial charge in [0.15, 0.2) is 0 Å². The first-order valence-electron chi connectivity index (χ1n) is 10.9. The molecule has 4 rings (SSSR count). The molecule has 2 aliphatic rings. The lowest BCUT2D eigenvalue weighted by molar-refractivity contribution is -0.123. The van der Waals surface area contributed by atoms with Crippen LogP contribution in [0, 0.1) is 5.92 Å². The Hall–Kier alpha value is -2.25. The quantitative estimate of drug-likeness (QED) is 0.525. The number of thioether (sulfide) groups is 1. The summed E-state index contributed by atoms with van der Waals surface area (Å²) in [5.41, 5.74) is 1.66. The van der Waals surface area contributed by atoms with Crippen molar-refractivity contribution in [2.45, 2.75) is 43.5 Å². The third-order valence-electron chi connectivity index (χ3n) is 6.07. The van der Waals surface area contributed by atoms with E-state index in [-0.39, 0.29) is 24.4 Å². The second kappa shape index (κ2) is 10.1. The van der Waals surface area contributed by atoms with Gasteiger partial charge >= 0.3 is 0 Å². The highest BCUT2D eigenvalue weighted by Gasteiger charge is 2.31. The molecule has 2 atom stereocenters. The van der Waals surface area contributed by atoms with Crippen molar-refractivity contribution >= 4 is 51.3 Å². The predicted octanol–water partition coefficient (Wildman–Crippen LogP) is 5.63. The molecular formula is C25H27BrN2O3S. The van der Waals surface area contributed by atoms with Crippen molar-refractivity contribution in [3.8, 4) is 5.75 Å². The third kappa shape index (κ3) is 5.04. The van der Waals surface area contributed by atoms with Crippen molar-refractivity contribution in [1.29, 1.82) is 0 Å². The second-order valence-electron chi connectivity index (χ2n) is 8.30. The van der Waals surface area contributed by atoms with Gasteiger partial charge in [0.1, 0.15) is 12.3 Å². The number of methoxy groups -OCH3 is 1. The highest BCUT2D eigenvalue weighted by atomic mass is 79.9. The number of hydrogen-bond acceptors (Lipinski definition) is 4. The minimum Gasteiger partial charge on any atom is -0.496 e. The zero-order valence-corrected chi connectivity index (χ0v) is 20.7. The molecule has 5 nitrogen and oxygen atoms in total. The number of ether oxygens (including phenoxy) is 1. The summed E-state index contributed by atoms with van der Waals surface area (Å²) in [6.45, 7) is 2.21. The number of hydrogen-bond donors (Lipinski definition) is 1. The monoisotopic (exact) mass is 514 g/mol. The molecular weight excluding hydrogens is 488 g/mol. The molecule has 1 aliphatic heterocycles. The summed E-state index contributed by atoms with van der Waals surface area (Å²) in [6, 6.07) is 13.6. The molecule has 7 heteroatoms. The fourth-order valence-electron chi connectivity index (χ4n) is 4.27. The molecule has 1 N–H and O–H groups in total. The standard InChI is InChI=1S/C25H27BrN2O3S/c1-16-7-3-4-8-19(16)27-24(29)15-28-20-9-5-6-10-22(20)32-23(25(28)30)14-17-11-12-21(31-2)18(26)13-17/h5-6,9-14,16,19H,3-4,7-8,15H2,1-2H3,(H,27,29). The summed E-state index contributed by atoms with van der Waals surface area (Å²) in [5.74, 6) is 0.935. The van der Waals surface area contributed by atoms with Gasteiger partial charge in [-0.25, -0.2) is 0 Å². The van der Waals surface area contributed by atoms with E-state index in [1.807, 2.05) is 48.5 Å². The molecule has 168 valence electrons. The number of halogens is 1. The van der Waals surface area contributed by atoms with Gasteiger partial charge in [-0.05, 0) is 70.6 Å². The zero-order chi connectivity index (χ0) is 22.7. The van der Waals surface area contributed by atoms with Gasteiger partial charge in [0.2, 0.25) is 5.91 Å². The minimum atomic E-state index is -0.160. The summed E-state index contributed by atoms with van der Waals surface area (Å²) in [7, 11) is 1.62. The molecule has 1 aliphatic carbocycles. The van der Waals surface area contributed by atoms with Crippen LogP contribution in [0.3, 0.4) is 0 Å². The van der Waals surface area contributed by atoms with E-state index in [4.69, 9.17) is 4.74 Å². The first-order chi connectivity index (χ1) is 15.5. The maximum atomic E-state index is 13.4. The minimum absolute atomic E-state index is 0.0171. The summed E-state index contributed by atoms with van der Waals surface area (Å²) >= 11 is 4.93. The lowest BCUT2D eigenvalue weighted by Crippen LogP contribution is -2.48. The van der Waals surface area contributed by atoms with E-state index in [9.17, 15) is 9.59 Å². The van der Waals surface area contributed by atoms with Crippen LogP contribution in [-0.2, 0) is 9.59 Å². The van der Waals surface area contributed by atoms with E-state index in [0.717, 1.165) is 45.6 Å². The Labute approximate surface area is 201 Å². The molecule has 0 spiro atoms. The van der Waals surface area contributed by atoms with E-state index in [2.05, 4.69) is 28.2 Å². The summed E-state index contributed by atoms with van der Waals surface area (Å²) in [6.07, 6.45) is 6.36. The van der Waals surface area contributed by atoms with E-state index in [1.54, 1.807) is 12.0 Å². The van der Waals surface area contributed by atoms with Crippen molar-refractivity contribution in [3.05, 3.63) is 57.4 Å². The second-order valence-corrected chi connectivity index (χ2v) is 10.2. The van der Waals surface area contributed by atoms with Crippen LogP contribution in [0.15, 0.2) is 56.7 Å². The Kier molecular flexibility index (Phi) is 7.26. The number of para-hydroxylation sites is 1. The van der Waals surface area contributed by atoms with Crippen LogP contribution in [0.1, 0.15) is 38.2 Å². The van der Waals surface area contributed by atoms with E-state index in [1.165, 1.54) is 18.2 Å². The average molecular weight is 515 g/mol. The maximum absolute atomic E-state index is 13.4. The average Bonchev–Trinajstić information content (AvgIpc) is 2.78. The van der Waals surface area contributed by atoms with E-state index >= 15 is 0 Å². The number of amides is 2. The normalized spacial score (nSPS) is 21.9. The number of carbonyl (C=O) groups is 2. The van der Waals surface area contributed by atoms with Gasteiger partial charge < -0.3 is 10.1 Å². The smallest absolute Gasteiger partial charge is 0.265 e. The Balaban J connectivity index is 1.58. The SMILES string of the molecule is COc1ccc(C=C2Sc3ccccc3N(CC(=O)NC3CCCCC3C)C2=O)cc1Br. The number of benzene rings is 2. The van der Waals surface area contributed by atoms with Gasteiger partial charge in [-0.1, -0.05) is 49.7 Å². The molecule has 1 fully saturated rings.